The van der Waals surface area contributed by atoms with E-state index in [2.05, 4.69) is 41.4 Å². The first-order valence-corrected chi connectivity index (χ1v) is 6.65. The van der Waals surface area contributed by atoms with Crippen LogP contribution in [0.25, 0.3) is 11.5 Å². The van der Waals surface area contributed by atoms with Crippen LogP contribution in [0.4, 0.5) is 11.5 Å². The summed E-state index contributed by atoms with van der Waals surface area (Å²) in [6, 6.07) is 7.76. The van der Waals surface area contributed by atoms with Crippen LogP contribution in [0.1, 0.15) is 5.82 Å². The third-order valence-electron chi connectivity index (χ3n) is 2.60. The van der Waals surface area contributed by atoms with Crippen LogP contribution in [0.3, 0.4) is 0 Å². The smallest absolute Gasteiger partial charge is 0.263 e. The molecule has 1 N–H and O–H groups in total. The molecule has 0 saturated heterocycles. The van der Waals surface area contributed by atoms with Gasteiger partial charge in [-0.1, -0.05) is 17.3 Å². The Morgan fingerprint density at radius 2 is 2.10 bits per heavy atom. The molecule has 20 heavy (non-hydrogen) atoms. The van der Waals surface area contributed by atoms with Gasteiger partial charge >= 0.3 is 0 Å². The molecule has 6 nitrogen and oxygen atoms in total. The number of nitrogens with zero attached hydrogens (tertiary/aromatic N) is 4. The van der Waals surface area contributed by atoms with Crippen LogP contribution >= 0.6 is 15.9 Å². The maximum atomic E-state index is 5.17. The van der Waals surface area contributed by atoms with Crippen LogP contribution in [0.2, 0.25) is 0 Å². The summed E-state index contributed by atoms with van der Waals surface area (Å²) in [5.41, 5.74) is 1.55. The maximum absolute atomic E-state index is 5.17. The predicted molar refractivity (Wildman–Crippen MR) is 77.5 cm³/mol. The fraction of sp³-hybridized carbons (Fsp3) is 0.0769. The summed E-state index contributed by atoms with van der Waals surface area (Å²) in [6.07, 6.45) is 3.10. The Balaban J connectivity index is 2.01. The summed E-state index contributed by atoms with van der Waals surface area (Å²) < 4.78 is 6.10. The van der Waals surface area contributed by atoms with Crippen molar-refractivity contribution >= 4 is 27.4 Å². The normalized spacial score (nSPS) is 10.5. The molecule has 1 aromatic carbocycles. The second-order valence-corrected chi connectivity index (χ2v) is 4.89. The van der Waals surface area contributed by atoms with Crippen molar-refractivity contribution in [3.8, 4) is 11.5 Å². The molecule has 2 heterocycles. The quantitative estimate of drug-likeness (QED) is 0.793. The highest BCUT2D eigenvalue weighted by atomic mass is 79.9. The Kier molecular flexibility index (Phi) is 3.42. The average molecular weight is 332 g/mol. The minimum atomic E-state index is 0.387. The van der Waals surface area contributed by atoms with E-state index in [1.54, 1.807) is 13.1 Å². The number of aryl methyl sites for hydroxylation is 1. The number of hydrogen-bond donors (Lipinski definition) is 1. The third-order valence-corrected chi connectivity index (χ3v) is 3.29. The zero-order valence-electron chi connectivity index (χ0n) is 10.5. The number of para-hydroxylation sites is 1. The zero-order chi connectivity index (χ0) is 13.9. The highest BCUT2D eigenvalue weighted by molar-refractivity contribution is 9.10. The van der Waals surface area contributed by atoms with Gasteiger partial charge in [-0.05, 0) is 35.0 Å². The van der Waals surface area contributed by atoms with Crippen molar-refractivity contribution in [2.75, 3.05) is 5.32 Å². The van der Waals surface area contributed by atoms with Crippen molar-refractivity contribution in [1.82, 2.24) is 20.1 Å². The monoisotopic (exact) mass is 331 g/mol. The van der Waals surface area contributed by atoms with Crippen LogP contribution in [0.15, 0.2) is 45.8 Å². The van der Waals surface area contributed by atoms with Gasteiger partial charge in [0.15, 0.2) is 5.82 Å². The van der Waals surface area contributed by atoms with E-state index in [-0.39, 0.29) is 0 Å². The van der Waals surface area contributed by atoms with Gasteiger partial charge in [-0.15, -0.1) is 0 Å². The minimum absolute atomic E-state index is 0.387. The first-order chi connectivity index (χ1) is 9.74. The predicted octanol–water partition coefficient (Wildman–Crippen LogP) is 3.34. The number of nitrogens with one attached hydrogen (secondary N) is 1. The van der Waals surface area contributed by atoms with Crippen molar-refractivity contribution < 1.29 is 4.52 Å². The first kappa shape index (κ1) is 12.7. The number of benzene rings is 1. The van der Waals surface area contributed by atoms with Crippen molar-refractivity contribution in [3.05, 3.63) is 47.1 Å². The van der Waals surface area contributed by atoms with E-state index >= 15 is 0 Å². The molecule has 0 amide bonds. The summed E-state index contributed by atoms with van der Waals surface area (Å²) in [7, 11) is 0. The van der Waals surface area contributed by atoms with Gasteiger partial charge in [-0.3, -0.25) is 0 Å². The molecule has 7 heteroatoms. The van der Waals surface area contributed by atoms with Crippen LogP contribution in [0.5, 0.6) is 0 Å². The van der Waals surface area contributed by atoms with E-state index in [4.69, 9.17) is 4.52 Å². The van der Waals surface area contributed by atoms with Crippen molar-refractivity contribution in [1.29, 1.82) is 0 Å². The number of rotatable bonds is 3. The summed E-state index contributed by atoms with van der Waals surface area (Å²) in [6.45, 7) is 1.76. The summed E-state index contributed by atoms with van der Waals surface area (Å²) in [5, 5.41) is 7.00. The second kappa shape index (κ2) is 5.38. The lowest BCUT2D eigenvalue weighted by molar-refractivity contribution is 0.425. The van der Waals surface area contributed by atoms with Gasteiger partial charge in [0.05, 0.1) is 5.69 Å². The number of hydrogen-bond acceptors (Lipinski definition) is 6. The van der Waals surface area contributed by atoms with Crippen LogP contribution in [0, 0.1) is 6.92 Å². The molecule has 0 fully saturated rings. The molecule has 100 valence electrons. The molecular weight excluding hydrogens is 322 g/mol. The lowest BCUT2D eigenvalue weighted by Crippen LogP contribution is -1.98. The molecule has 0 saturated carbocycles. The van der Waals surface area contributed by atoms with Gasteiger partial charge in [0, 0.05) is 10.7 Å². The molecule has 0 atom stereocenters. The molecule has 2 aromatic heterocycles. The van der Waals surface area contributed by atoms with Gasteiger partial charge in [0.2, 0.25) is 0 Å². The zero-order valence-corrected chi connectivity index (χ0v) is 12.1. The van der Waals surface area contributed by atoms with Gasteiger partial charge in [0.25, 0.3) is 5.89 Å². The number of anilines is 2. The molecule has 0 bridgehead atoms. The molecule has 0 unspecified atom stereocenters. The largest absolute Gasteiger partial charge is 0.339 e. The topological polar surface area (TPSA) is 76.7 Å². The Labute approximate surface area is 123 Å². The first-order valence-electron chi connectivity index (χ1n) is 5.86. The summed E-state index contributed by atoms with van der Waals surface area (Å²) in [5.74, 6) is 1.56. The third kappa shape index (κ3) is 2.53. The Hall–Kier alpha value is -2.28. The highest BCUT2D eigenvalue weighted by Crippen LogP contribution is 2.29. The molecule has 0 aliphatic heterocycles. The second-order valence-electron chi connectivity index (χ2n) is 4.04. The van der Waals surface area contributed by atoms with Gasteiger partial charge < -0.3 is 9.84 Å². The molecule has 3 aromatic rings. The van der Waals surface area contributed by atoms with Crippen LogP contribution in [-0.2, 0) is 0 Å². The van der Waals surface area contributed by atoms with E-state index < -0.39 is 0 Å². The number of aromatic nitrogens is 4. The molecule has 0 aliphatic carbocycles. The fourth-order valence-corrected chi connectivity index (χ4v) is 2.07. The van der Waals surface area contributed by atoms with E-state index in [9.17, 15) is 0 Å². The van der Waals surface area contributed by atoms with Gasteiger partial charge in [0.1, 0.15) is 17.7 Å². The summed E-state index contributed by atoms with van der Waals surface area (Å²) >= 11 is 3.48. The van der Waals surface area contributed by atoms with Crippen LogP contribution < -0.4 is 5.32 Å². The van der Waals surface area contributed by atoms with E-state index in [0.717, 1.165) is 10.2 Å². The average Bonchev–Trinajstić information content (AvgIpc) is 2.88. The molecule has 3 rings (SSSR count). The SMILES string of the molecule is Cc1noc(-c2cncnc2Nc2ccccc2Br)n1. The highest BCUT2D eigenvalue weighted by Gasteiger charge is 2.14. The lowest BCUT2D eigenvalue weighted by atomic mass is 10.2. The minimum Gasteiger partial charge on any atom is -0.339 e. The van der Waals surface area contributed by atoms with Crippen molar-refractivity contribution in [3.63, 3.8) is 0 Å². The van der Waals surface area contributed by atoms with Gasteiger partial charge in [-0.2, -0.15) is 4.98 Å². The van der Waals surface area contributed by atoms with E-state index in [1.165, 1.54) is 6.33 Å². The molecule has 0 spiro atoms. The van der Waals surface area contributed by atoms with E-state index in [0.29, 0.717) is 23.1 Å². The molecule has 0 radical (unpaired) electrons. The maximum Gasteiger partial charge on any atom is 0.263 e. The molecular formula is C13H10BrN5O. The number of halogens is 1. The fourth-order valence-electron chi connectivity index (χ4n) is 1.68. The Morgan fingerprint density at radius 3 is 2.85 bits per heavy atom. The molecule has 0 aliphatic rings. The Morgan fingerprint density at radius 1 is 1.25 bits per heavy atom. The summed E-state index contributed by atoms with van der Waals surface area (Å²) in [4.78, 5) is 12.4. The van der Waals surface area contributed by atoms with Crippen molar-refractivity contribution in [2.24, 2.45) is 0 Å². The van der Waals surface area contributed by atoms with Crippen molar-refractivity contribution in [2.45, 2.75) is 6.92 Å². The lowest BCUT2D eigenvalue weighted by Gasteiger charge is -2.09. The van der Waals surface area contributed by atoms with E-state index in [1.807, 2.05) is 24.3 Å². The van der Waals surface area contributed by atoms with Gasteiger partial charge in [-0.25, -0.2) is 9.97 Å². The Bertz CT molecular complexity index is 743. The standard InChI is InChI=1S/C13H10BrN5O/c1-8-17-13(20-19-8)9-6-15-7-16-12(9)18-11-5-3-2-4-10(11)14/h2-7H,1H3,(H,15,16,18). The van der Waals surface area contributed by atoms with Crippen LogP contribution in [-0.4, -0.2) is 20.1 Å².